The number of hydrogen-bond acceptors (Lipinski definition) is 4. The maximum Gasteiger partial charge on any atom is 0.119 e. The lowest BCUT2D eigenvalue weighted by atomic mass is 10.2. The van der Waals surface area contributed by atoms with Gasteiger partial charge in [-0.3, -0.25) is 0 Å². The molecule has 0 amide bonds. The van der Waals surface area contributed by atoms with Crippen molar-refractivity contribution in [1.82, 2.24) is 10.3 Å². The van der Waals surface area contributed by atoms with Crippen LogP contribution in [0.15, 0.2) is 5.38 Å². The molecule has 0 saturated carbocycles. The second-order valence-electron chi connectivity index (χ2n) is 2.97. The van der Waals surface area contributed by atoms with Crippen molar-refractivity contribution in [3.63, 3.8) is 0 Å². The van der Waals surface area contributed by atoms with Crippen LogP contribution in [0.25, 0.3) is 0 Å². The molecule has 0 unspecified atom stereocenters. The van der Waals surface area contributed by atoms with Crippen LogP contribution in [0.5, 0.6) is 0 Å². The van der Waals surface area contributed by atoms with Crippen molar-refractivity contribution in [2.24, 2.45) is 0 Å². The summed E-state index contributed by atoms with van der Waals surface area (Å²) in [5.41, 5.74) is 1.09. The van der Waals surface area contributed by atoms with Crippen molar-refractivity contribution in [2.45, 2.75) is 19.6 Å². The minimum Gasteiger partial charge on any atom is -0.368 e. The van der Waals surface area contributed by atoms with E-state index in [1.165, 1.54) is 0 Å². The highest BCUT2D eigenvalue weighted by Gasteiger charge is 2.17. The lowest BCUT2D eigenvalue weighted by Gasteiger charge is -2.26. The van der Waals surface area contributed by atoms with Crippen LogP contribution in [0.4, 0.5) is 0 Å². The van der Waals surface area contributed by atoms with Gasteiger partial charge >= 0.3 is 0 Å². The van der Waals surface area contributed by atoms with Crippen molar-refractivity contribution in [3.05, 3.63) is 16.1 Å². The van der Waals surface area contributed by atoms with E-state index < -0.39 is 0 Å². The number of ether oxygens (including phenoxy) is 1. The van der Waals surface area contributed by atoms with E-state index in [-0.39, 0.29) is 0 Å². The van der Waals surface area contributed by atoms with E-state index in [1.54, 1.807) is 11.3 Å². The summed E-state index contributed by atoms with van der Waals surface area (Å²) in [7, 11) is 0. The average Bonchev–Trinajstić information content (AvgIpc) is 2.32. The molecular weight excluding hydrogens is 172 g/mol. The van der Waals surface area contributed by atoms with Gasteiger partial charge < -0.3 is 10.1 Å². The van der Waals surface area contributed by atoms with Gasteiger partial charge in [0.2, 0.25) is 0 Å². The largest absolute Gasteiger partial charge is 0.368 e. The van der Waals surface area contributed by atoms with E-state index in [2.05, 4.69) is 15.7 Å². The fourth-order valence-electron chi connectivity index (χ4n) is 1.04. The Morgan fingerprint density at radius 3 is 3.08 bits per heavy atom. The Balaban J connectivity index is 1.79. The summed E-state index contributed by atoms with van der Waals surface area (Å²) >= 11 is 1.67. The third-order valence-corrected chi connectivity index (χ3v) is 2.79. The first-order valence-corrected chi connectivity index (χ1v) is 4.96. The van der Waals surface area contributed by atoms with Gasteiger partial charge in [-0.15, -0.1) is 11.3 Å². The minimum absolute atomic E-state index is 0.411. The van der Waals surface area contributed by atoms with Gasteiger partial charge in [-0.1, -0.05) is 0 Å². The Labute approximate surface area is 75.8 Å². The van der Waals surface area contributed by atoms with Crippen molar-refractivity contribution in [2.75, 3.05) is 13.1 Å². The highest BCUT2D eigenvalue weighted by molar-refractivity contribution is 7.09. The third kappa shape index (κ3) is 1.83. The summed E-state index contributed by atoms with van der Waals surface area (Å²) in [6.07, 6.45) is 0.411. The van der Waals surface area contributed by atoms with Gasteiger partial charge in [0.25, 0.3) is 0 Å². The van der Waals surface area contributed by atoms with E-state index in [4.69, 9.17) is 4.74 Å². The van der Waals surface area contributed by atoms with Gasteiger partial charge in [0.1, 0.15) is 5.01 Å². The van der Waals surface area contributed by atoms with Crippen LogP contribution in [-0.2, 0) is 11.3 Å². The highest BCUT2D eigenvalue weighted by Crippen LogP contribution is 2.11. The molecular formula is C8H12N2OS. The molecule has 0 atom stereocenters. The topological polar surface area (TPSA) is 34.1 Å². The summed E-state index contributed by atoms with van der Waals surface area (Å²) in [4.78, 5) is 4.31. The molecule has 1 aromatic rings. The minimum atomic E-state index is 0.411. The van der Waals surface area contributed by atoms with Crippen LogP contribution in [0.3, 0.4) is 0 Å². The Morgan fingerprint density at radius 2 is 2.58 bits per heavy atom. The van der Waals surface area contributed by atoms with Gasteiger partial charge in [0.05, 0.1) is 12.7 Å². The quantitative estimate of drug-likeness (QED) is 0.759. The van der Waals surface area contributed by atoms with Gasteiger partial charge in [-0.2, -0.15) is 0 Å². The van der Waals surface area contributed by atoms with Gasteiger partial charge in [0, 0.05) is 24.2 Å². The molecule has 0 aromatic carbocycles. The molecule has 0 bridgehead atoms. The van der Waals surface area contributed by atoms with Crippen molar-refractivity contribution >= 4 is 11.3 Å². The Bertz CT molecular complexity index is 257. The molecule has 1 aromatic heterocycles. The SMILES string of the molecule is Cc1csc(COC2CNC2)n1. The van der Waals surface area contributed by atoms with Crippen molar-refractivity contribution < 1.29 is 4.74 Å². The molecule has 2 heterocycles. The molecule has 0 aliphatic carbocycles. The number of thiazole rings is 1. The number of aromatic nitrogens is 1. The van der Waals surface area contributed by atoms with E-state index in [0.29, 0.717) is 12.7 Å². The number of hydrogen-bond donors (Lipinski definition) is 1. The summed E-state index contributed by atoms with van der Waals surface area (Å²) < 4.78 is 5.56. The molecule has 1 N–H and O–H groups in total. The molecule has 12 heavy (non-hydrogen) atoms. The lowest BCUT2D eigenvalue weighted by Crippen LogP contribution is -2.48. The fraction of sp³-hybridized carbons (Fsp3) is 0.625. The smallest absolute Gasteiger partial charge is 0.119 e. The summed E-state index contributed by atoms with van der Waals surface area (Å²) in [6.45, 7) is 4.66. The summed E-state index contributed by atoms with van der Waals surface area (Å²) in [6, 6.07) is 0. The first-order chi connectivity index (χ1) is 5.84. The van der Waals surface area contributed by atoms with Crippen LogP contribution in [0.1, 0.15) is 10.7 Å². The molecule has 2 rings (SSSR count). The van der Waals surface area contributed by atoms with Crippen LogP contribution in [0.2, 0.25) is 0 Å². The van der Waals surface area contributed by atoms with Crippen LogP contribution >= 0.6 is 11.3 Å². The molecule has 1 fully saturated rings. The molecule has 3 nitrogen and oxygen atoms in total. The molecule has 1 saturated heterocycles. The predicted molar refractivity (Wildman–Crippen MR) is 48.3 cm³/mol. The second kappa shape index (κ2) is 3.51. The fourth-order valence-corrected chi connectivity index (χ4v) is 1.73. The molecule has 0 radical (unpaired) electrons. The normalized spacial score (nSPS) is 17.8. The zero-order valence-electron chi connectivity index (χ0n) is 7.04. The molecule has 4 heteroatoms. The van der Waals surface area contributed by atoms with Crippen LogP contribution in [0, 0.1) is 6.92 Å². The van der Waals surface area contributed by atoms with Gasteiger partial charge in [-0.05, 0) is 6.92 Å². The van der Waals surface area contributed by atoms with E-state index in [0.717, 1.165) is 23.8 Å². The summed E-state index contributed by atoms with van der Waals surface area (Å²) in [5, 5.41) is 6.30. The first-order valence-electron chi connectivity index (χ1n) is 4.08. The standard InChI is InChI=1S/C8H12N2OS/c1-6-5-12-8(10-6)4-11-7-2-9-3-7/h5,7,9H,2-4H2,1H3. The van der Waals surface area contributed by atoms with E-state index in [9.17, 15) is 0 Å². The van der Waals surface area contributed by atoms with Crippen molar-refractivity contribution in [3.8, 4) is 0 Å². The summed E-state index contributed by atoms with van der Waals surface area (Å²) in [5.74, 6) is 0. The number of rotatable bonds is 3. The van der Waals surface area contributed by atoms with E-state index in [1.807, 2.05) is 6.92 Å². The Morgan fingerprint density at radius 1 is 1.75 bits per heavy atom. The number of nitrogens with zero attached hydrogens (tertiary/aromatic N) is 1. The predicted octanol–water partition coefficient (Wildman–Crippen LogP) is 0.940. The van der Waals surface area contributed by atoms with Crippen LogP contribution < -0.4 is 5.32 Å². The highest BCUT2D eigenvalue weighted by atomic mass is 32.1. The molecule has 1 aliphatic heterocycles. The van der Waals surface area contributed by atoms with Crippen LogP contribution in [-0.4, -0.2) is 24.2 Å². The molecule has 0 spiro atoms. The monoisotopic (exact) mass is 184 g/mol. The van der Waals surface area contributed by atoms with E-state index >= 15 is 0 Å². The first kappa shape index (κ1) is 8.16. The zero-order valence-corrected chi connectivity index (χ0v) is 7.86. The zero-order chi connectivity index (χ0) is 8.39. The number of aryl methyl sites for hydroxylation is 1. The average molecular weight is 184 g/mol. The molecule has 66 valence electrons. The Hall–Kier alpha value is -0.450. The second-order valence-corrected chi connectivity index (χ2v) is 3.92. The third-order valence-electron chi connectivity index (χ3n) is 1.85. The maximum atomic E-state index is 5.56. The van der Waals surface area contributed by atoms with Gasteiger partial charge in [0.15, 0.2) is 0 Å². The maximum absolute atomic E-state index is 5.56. The van der Waals surface area contributed by atoms with Gasteiger partial charge in [-0.25, -0.2) is 4.98 Å². The van der Waals surface area contributed by atoms with Crippen molar-refractivity contribution in [1.29, 1.82) is 0 Å². The Kier molecular flexibility index (Phi) is 2.39. The molecule has 1 aliphatic rings. The lowest BCUT2D eigenvalue weighted by molar-refractivity contribution is 0.00748. The number of nitrogens with one attached hydrogen (secondary N) is 1.